The first-order valence-electron chi connectivity index (χ1n) is 5.33. The van der Waals surface area contributed by atoms with Crippen molar-refractivity contribution >= 4 is 5.78 Å². The second kappa shape index (κ2) is 4.65. The summed E-state index contributed by atoms with van der Waals surface area (Å²) in [6.07, 6.45) is 2.21. The summed E-state index contributed by atoms with van der Waals surface area (Å²) in [4.78, 5) is 12.2. The first kappa shape index (κ1) is 12.7. The number of aromatic nitrogens is 2. The zero-order valence-corrected chi connectivity index (χ0v) is 10.1. The molecule has 1 heterocycles. The average molecular weight is 226 g/mol. The summed E-state index contributed by atoms with van der Waals surface area (Å²) >= 11 is 0. The molecule has 0 unspecified atom stereocenters. The van der Waals surface area contributed by atoms with E-state index in [2.05, 4.69) is 5.10 Å². The van der Waals surface area contributed by atoms with Crippen molar-refractivity contribution in [1.29, 1.82) is 0 Å². The molecule has 0 radical (unpaired) electrons. The van der Waals surface area contributed by atoms with Crippen LogP contribution in [0.25, 0.3) is 0 Å². The van der Waals surface area contributed by atoms with Gasteiger partial charge < -0.3 is 9.84 Å². The Labute approximate surface area is 95.0 Å². The molecule has 0 aliphatic rings. The number of ether oxygens (including phenoxy) is 1. The Hall–Kier alpha value is -1.36. The largest absolute Gasteiger partial charge is 0.493 e. The lowest BCUT2D eigenvalue weighted by molar-refractivity contribution is 0.0265. The SMILES string of the molecule is CCC(O)(CC)C(=O)c1c(OC)cnn1C. The lowest BCUT2D eigenvalue weighted by Crippen LogP contribution is -2.38. The Morgan fingerprint density at radius 2 is 2.12 bits per heavy atom. The second-order valence-electron chi connectivity index (χ2n) is 3.75. The summed E-state index contributed by atoms with van der Waals surface area (Å²) in [6, 6.07) is 0. The quantitative estimate of drug-likeness (QED) is 0.765. The zero-order valence-electron chi connectivity index (χ0n) is 10.1. The molecule has 0 atom stereocenters. The van der Waals surface area contributed by atoms with Crippen molar-refractivity contribution in [3.05, 3.63) is 11.9 Å². The van der Waals surface area contributed by atoms with Gasteiger partial charge in [0.1, 0.15) is 11.3 Å². The summed E-state index contributed by atoms with van der Waals surface area (Å²) in [5.41, 5.74) is -1.02. The van der Waals surface area contributed by atoms with Crippen molar-refractivity contribution in [2.45, 2.75) is 32.3 Å². The number of nitrogens with zero attached hydrogens (tertiary/aromatic N) is 2. The molecule has 0 spiro atoms. The van der Waals surface area contributed by atoms with E-state index >= 15 is 0 Å². The Morgan fingerprint density at radius 1 is 1.56 bits per heavy atom. The lowest BCUT2D eigenvalue weighted by atomic mass is 9.90. The van der Waals surface area contributed by atoms with Crippen LogP contribution in [0.5, 0.6) is 5.75 Å². The van der Waals surface area contributed by atoms with E-state index in [0.29, 0.717) is 24.3 Å². The van der Waals surface area contributed by atoms with Gasteiger partial charge in [0.05, 0.1) is 13.3 Å². The van der Waals surface area contributed by atoms with Gasteiger partial charge in [-0.15, -0.1) is 0 Å². The third kappa shape index (κ3) is 1.95. The average Bonchev–Trinajstić information content (AvgIpc) is 2.68. The van der Waals surface area contributed by atoms with Crippen LogP contribution in [0, 0.1) is 0 Å². The summed E-state index contributed by atoms with van der Waals surface area (Å²) < 4.78 is 6.48. The minimum atomic E-state index is -1.33. The van der Waals surface area contributed by atoms with Gasteiger partial charge in [0, 0.05) is 7.05 Å². The Bertz CT molecular complexity index is 381. The van der Waals surface area contributed by atoms with E-state index in [1.54, 1.807) is 20.9 Å². The van der Waals surface area contributed by atoms with E-state index in [9.17, 15) is 9.90 Å². The van der Waals surface area contributed by atoms with Crippen molar-refractivity contribution in [3.8, 4) is 5.75 Å². The fourth-order valence-corrected chi connectivity index (χ4v) is 1.62. The minimum Gasteiger partial charge on any atom is -0.493 e. The number of methoxy groups -OCH3 is 1. The van der Waals surface area contributed by atoms with E-state index in [1.807, 2.05) is 0 Å². The molecule has 1 rings (SSSR count). The Morgan fingerprint density at radius 3 is 2.56 bits per heavy atom. The van der Waals surface area contributed by atoms with Crippen molar-refractivity contribution in [1.82, 2.24) is 9.78 Å². The molecule has 0 aliphatic carbocycles. The molecule has 1 N–H and O–H groups in total. The molecular formula is C11H18N2O3. The fourth-order valence-electron chi connectivity index (χ4n) is 1.62. The number of aliphatic hydroxyl groups is 1. The second-order valence-corrected chi connectivity index (χ2v) is 3.75. The first-order chi connectivity index (χ1) is 7.50. The predicted molar refractivity (Wildman–Crippen MR) is 59.6 cm³/mol. The third-order valence-electron chi connectivity index (χ3n) is 2.93. The topological polar surface area (TPSA) is 64.3 Å². The van der Waals surface area contributed by atoms with Crippen molar-refractivity contribution in [3.63, 3.8) is 0 Å². The zero-order chi connectivity index (χ0) is 12.3. The van der Waals surface area contributed by atoms with Crippen LogP contribution in [0.1, 0.15) is 37.2 Å². The fraction of sp³-hybridized carbons (Fsp3) is 0.636. The maximum atomic E-state index is 12.2. The molecule has 0 bridgehead atoms. The first-order valence-corrected chi connectivity index (χ1v) is 5.33. The molecule has 0 aromatic carbocycles. The highest BCUT2D eigenvalue weighted by atomic mass is 16.5. The van der Waals surface area contributed by atoms with Gasteiger partial charge in [-0.2, -0.15) is 5.10 Å². The number of ketones is 1. The standard InChI is InChI=1S/C11H18N2O3/c1-5-11(15,6-2)10(14)9-8(16-4)7-12-13(9)3/h7,15H,5-6H2,1-4H3. The van der Waals surface area contributed by atoms with Crippen LogP contribution in [-0.4, -0.2) is 33.4 Å². The number of carbonyl (C=O) groups is 1. The van der Waals surface area contributed by atoms with Crippen LogP contribution >= 0.6 is 0 Å². The normalized spacial score (nSPS) is 11.6. The molecular weight excluding hydrogens is 208 g/mol. The lowest BCUT2D eigenvalue weighted by Gasteiger charge is -2.23. The van der Waals surface area contributed by atoms with E-state index in [0.717, 1.165) is 0 Å². The van der Waals surface area contributed by atoms with Crippen LogP contribution in [0.3, 0.4) is 0 Å². The van der Waals surface area contributed by atoms with Gasteiger partial charge >= 0.3 is 0 Å². The van der Waals surface area contributed by atoms with Crippen LogP contribution in [-0.2, 0) is 7.05 Å². The molecule has 90 valence electrons. The van der Waals surface area contributed by atoms with E-state index < -0.39 is 5.60 Å². The Balaban J connectivity index is 3.18. The van der Waals surface area contributed by atoms with Gasteiger partial charge in [-0.05, 0) is 12.8 Å². The van der Waals surface area contributed by atoms with Crippen molar-refractivity contribution in [2.24, 2.45) is 7.05 Å². The van der Waals surface area contributed by atoms with Crippen LogP contribution in [0.15, 0.2) is 6.20 Å². The molecule has 5 heteroatoms. The number of Topliss-reactive ketones (excluding diaryl/α,β-unsaturated/α-hetero) is 1. The highest BCUT2D eigenvalue weighted by Gasteiger charge is 2.36. The molecule has 0 saturated carbocycles. The maximum absolute atomic E-state index is 12.2. The van der Waals surface area contributed by atoms with Gasteiger partial charge in [-0.1, -0.05) is 13.8 Å². The molecule has 1 aromatic rings. The molecule has 0 aliphatic heterocycles. The van der Waals surface area contributed by atoms with Crippen LogP contribution < -0.4 is 4.74 Å². The summed E-state index contributed by atoms with van der Waals surface area (Å²) in [7, 11) is 3.13. The monoisotopic (exact) mass is 226 g/mol. The number of rotatable bonds is 5. The minimum absolute atomic E-state index is 0.314. The molecule has 1 aromatic heterocycles. The van der Waals surface area contributed by atoms with Crippen molar-refractivity contribution < 1.29 is 14.6 Å². The van der Waals surface area contributed by atoms with Crippen molar-refractivity contribution in [2.75, 3.05) is 7.11 Å². The highest BCUT2D eigenvalue weighted by molar-refractivity contribution is 6.02. The molecule has 0 saturated heterocycles. The highest BCUT2D eigenvalue weighted by Crippen LogP contribution is 2.26. The number of aryl methyl sites for hydroxylation is 1. The van der Waals surface area contributed by atoms with Crippen LogP contribution in [0.2, 0.25) is 0 Å². The maximum Gasteiger partial charge on any atom is 0.216 e. The predicted octanol–water partition coefficient (Wildman–Crippen LogP) is 1.16. The van der Waals surface area contributed by atoms with Gasteiger partial charge in [-0.3, -0.25) is 9.48 Å². The number of hydrogen-bond donors (Lipinski definition) is 1. The molecule has 0 fully saturated rings. The molecule has 16 heavy (non-hydrogen) atoms. The van der Waals surface area contributed by atoms with Gasteiger partial charge in [0.25, 0.3) is 0 Å². The summed E-state index contributed by atoms with van der Waals surface area (Å²) in [5.74, 6) is 0.0576. The number of hydrogen-bond acceptors (Lipinski definition) is 4. The van der Waals surface area contributed by atoms with E-state index in [1.165, 1.54) is 18.0 Å². The van der Waals surface area contributed by atoms with E-state index in [4.69, 9.17) is 4.74 Å². The summed E-state index contributed by atoms with van der Waals surface area (Å²) in [5, 5.41) is 14.1. The molecule has 5 nitrogen and oxygen atoms in total. The Kier molecular flexibility index (Phi) is 3.70. The third-order valence-corrected chi connectivity index (χ3v) is 2.93. The van der Waals surface area contributed by atoms with Crippen LogP contribution in [0.4, 0.5) is 0 Å². The van der Waals surface area contributed by atoms with Gasteiger partial charge in [0.2, 0.25) is 5.78 Å². The number of carbonyl (C=O) groups excluding carboxylic acids is 1. The smallest absolute Gasteiger partial charge is 0.216 e. The molecule has 0 amide bonds. The summed E-state index contributed by atoms with van der Waals surface area (Å²) in [6.45, 7) is 3.56. The van der Waals surface area contributed by atoms with E-state index in [-0.39, 0.29) is 5.78 Å². The van der Waals surface area contributed by atoms with Gasteiger partial charge in [0.15, 0.2) is 5.75 Å². The van der Waals surface area contributed by atoms with Gasteiger partial charge in [-0.25, -0.2) is 0 Å².